The molecule has 17 heavy (non-hydrogen) atoms. The zero-order chi connectivity index (χ0) is 12.8. The smallest absolute Gasteiger partial charge is 0.270 e. The standard InChI is InChI=1S/C10H13BrN4O2/c1-6(4-9(12)15-17)14-10(16)8-3-2-7(11)5-13-8/h2-3,5-6,17H,4H2,1H3,(H2,12,15)(H,14,16). The highest BCUT2D eigenvalue weighted by atomic mass is 79.9. The van der Waals surface area contributed by atoms with Crippen molar-refractivity contribution in [2.24, 2.45) is 10.9 Å². The Morgan fingerprint density at radius 1 is 1.71 bits per heavy atom. The summed E-state index contributed by atoms with van der Waals surface area (Å²) in [5.74, 6) is -0.225. The first-order valence-electron chi connectivity index (χ1n) is 4.91. The van der Waals surface area contributed by atoms with Gasteiger partial charge in [-0.3, -0.25) is 4.79 Å². The van der Waals surface area contributed by atoms with E-state index in [0.29, 0.717) is 5.69 Å². The summed E-state index contributed by atoms with van der Waals surface area (Å²) in [5.41, 5.74) is 5.65. The van der Waals surface area contributed by atoms with Crippen LogP contribution in [0.1, 0.15) is 23.8 Å². The molecule has 0 saturated carbocycles. The molecule has 0 saturated heterocycles. The maximum atomic E-state index is 11.7. The van der Waals surface area contributed by atoms with E-state index in [1.54, 1.807) is 25.3 Å². The van der Waals surface area contributed by atoms with E-state index in [0.717, 1.165) is 4.47 Å². The van der Waals surface area contributed by atoms with Gasteiger partial charge in [-0.2, -0.15) is 0 Å². The van der Waals surface area contributed by atoms with Crippen LogP contribution in [0.25, 0.3) is 0 Å². The third kappa shape index (κ3) is 4.39. The van der Waals surface area contributed by atoms with Crippen LogP contribution in [0.15, 0.2) is 28.0 Å². The van der Waals surface area contributed by atoms with Gasteiger partial charge >= 0.3 is 0 Å². The van der Waals surface area contributed by atoms with Crippen LogP contribution in [-0.4, -0.2) is 28.0 Å². The van der Waals surface area contributed by atoms with Gasteiger partial charge in [0.2, 0.25) is 0 Å². The number of amides is 1. The highest BCUT2D eigenvalue weighted by Crippen LogP contribution is 2.07. The number of hydrogen-bond donors (Lipinski definition) is 3. The van der Waals surface area contributed by atoms with E-state index < -0.39 is 0 Å². The number of amidine groups is 1. The number of nitrogens with zero attached hydrogens (tertiary/aromatic N) is 2. The van der Waals surface area contributed by atoms with Crippen LogP contribution in [0.3, 0.4) is 0 Å². The molecular weight excluding hydrogens is 288 g/mol. The Hall–Kier alpha value is -1.63. The van der Waals surface area contributed by atoms with Gasteiger partial charge in [-0.05, 0) is 35.0 Å². The van der Waals surface area contributed by atoms with Crippen molar-refractivity contribution in [2.45, 2.75) is 19.4 Å². The largest absolute Gasteiger partial charge is 0.409 e. The molecule has 1 aromatic rings. The molecule has 1 rings (SSSR count). The normalized spacial score (nSPS) is 13.2. The van der Waals surface area contributed by atoms with Gasteiger partial charge in [0.25, 0.3) is 5.91 Å². The van der Waals surface area contributed by atoms with E-state index in [1.807, 2.05) is 0 Å². The number of carbonyl (C=O) groups is 1. The fourth-order valence-corrected chi connectivity index (χ4v) is 1.45. The van der Waals surface area contributed by atoms with Crippen molar-refractivity contribution < 1.29 is 10.0 Å². The molecule has 0 spiro atoms. The van der Waals surface area contributed by atoms with E-state index in [9.17, 15) is 4.79 Å². The van der Waals surface area contributed by atoms with Gasteiger partial charge in [0.05, 0.1) is 0 Å². The van der Waals surface area contributed by atoms with Gasteiger partial charge in [-0.25, -0.2) is 4.98 Å². The second kappa shape index (κ2) is 6.19. The van der Waals surface area contributed by atoms with E-state index in [4.69, 9.17) is 10.9 Å². The van der Waals surface area contributed by atoms with Crippen molar-refractivity contribution in [1.29, 1.82) is 0 Å². The van der Waals surface area contributed by atoms with Gasteiger partial charge in [-0.15, -0.1) is 0 Å². The summed E-state index contributed by atoms with van der Waals surface area (Å²) in [6, 6.07) is 3.11. The van der Waals surface area contributed by atoms with Crippen molar-refractivity contribution in [3.05, 3.63) is 28.5 Å². The average molecular weight is 301 g/mol. The molecule has 6 nitrogen and oxygen atoms in total. The van der Waals surface area contributed by atoms with Crippen LogP contribution >= 0.6 is 15.9 Å². The molecule has 1 unspecified atom stereocenters. The number of nitrogens with one attached hydrogen (secondary N) is 1. The summed E-state index contributed by atoms with van der Waals surface area (Å²) in [6.07, 6.45) is 1.82. The maximum absolute atomic E-state index is 11.7. The summed E-state index contributed by atoms with van der Waals surface area (Å²) >= 11 is 3.23. The summed E-state index contributed by atoms with van der Waals surface area (Å²) in [5, 5.41) is 13.9. The quantitative estimate of drug-likeness (QED) is 0.335. The third-order valence-corrected chi connectivity index (χ3v) is 2.45. The van der Waals surface area contributed by atoms with Crippen LogP contribution in [0.4, 0.5) is 0 Å². The van der Waals surface area contributed by atoms with Gasteiger partial charge in [-0.1, -0.05) is 5.16 Å². The number of aromatic nitrogens is 1. The fourth-order valence-electron chi connectivity index (χ4n) is 1.21. The van der Waals surface area contributed by atoms with Crippen LogP contribution in [-0.2, 0) is 0 Å². The lowest BCUT2D eigenvalue weighted by Gasteiger charge is -2.12. The first kappa shape index (κ1) is 13.4. The summed E-state index contributed by atoms with van der Waals surface area (Å²) in [7, 11) is 0. The third-order valence-electron chi connectivity index (χ3n) is 1.98. The van der Waals surface area contributed by atoms with Gasteiger partial charge in [0.1, 0.15) is 11.5 Å². The van der Waals surface area contributed by atoms with E-state index in [1.165, 1.54) is 0 Å². The highest BCUT2D eigenvalue weighted by molar-refractivity contribution is 9.10. The van der Waals surface area contributed by atoms with Crippen molar-refractivity contribution in [2.75, 3.05) is 0 Å². The monoisotopic (exact) mass is 300 g/mol. The van der Waals surface area contributed by atoms with Crippen LogP contribution < -0.4 is 11.1 Å². The molecule has 92 valence electrons. The summed E-state index contributed by atoms with van der Waals surface area (Å²) in [6.45, 7) is 1.76. The minimum Gasteiger partial charge on any atom is -0.409 e. The molecule has 7 heteroatoms. The number of rotatable bonds is 4. The van der Waals surface area contributed by atoms with Crippen LogP contribution in [0, 0.1) is 0 Å². The Balaban J connectivity index is 2.57. The Labute approximate surface area is 107 Å². The van der Waals surface area contributed by atoms with E-state index in [2.05, 4.69) is 31.4 Å². The van der Waals surface area contributed by atoms with Crippen LogP contribution in [0.5, 0.6) is 0 Å². The van der Waals surface area contributed by atoms with Gasteiger partial charge in [0.15, 0.2) is 0 Å². The molecule has 1 amide bonds. The molecule has 0 aromatic carbocycles. The maximum Gasteiger partial charge on any atom is 0.270 e. The van der Waals surface area contributed by atoms with Crippen molar-refractivity contribution >= 4 is 27.7 Å². The van der Waals surface area contributed by atoms with E-state index >= 15 is 0 Å². The number of hydrogen-bond acceptors (Lipinski definition) is 4. The fraction of sp³-hybridized carbons (Fsp3) is 0.300. The molecular formula is C10H13BrN4O2. The lowest BCUT2D eigenvalue weighted by Crippen LogP contribution is -2.36. The molecule has 1 atom stereocenters. The summed E-state index contributed by atoms with van der Waals surface area (Å²) in [4.78, 5) is 15.7. The zero-order valence-electron chi connectivity index (χ0n) is 9.22. The van der Waals surface area contributed by atoms with Gasteiger partial charge < -0.3 is 16.3 Å². The SMILES string of the molecule is CC(CC(N)=NO)NC(=O)c1ccc(Br)cn1. The van der Waals surface area contributed by atoms with Gasteiger partial charge in [0, 0.05) is 23.1 Å². The first-order chi connectivity index (χ1) is 8.02. The Bertz CT molecular complexity index is 419. The molecule has 0 bridgehead atoms. The first-order valence-corrected chi connectivity index (χ1v) is 5.71. The second-order valence-corrected chi connectivity index (χ2v) is 4.45. The molecule has 0 aliphatic carbocycles. The zero-order valence-corrected chi connectivity index (χ0v) is 10.8. The average Bonchev–Trinajstić information content (AvgIpc) is 2.29. The predicted molar refractivity (Wildman–Crippen MR) is 66.9 cm³/mol. The minimum atomic E-state index is -0.296. The molecule has 1 aromatic heterocycles. The van der Waals surface area contributed by atoms with E-state index in [-0.39, 0.29) is 24.2 Å². The lowest BCUT2D eigenvalue weighted by atomic mass is 10.2. The molecule has 0 fully saturated rings. The number of carbonyl (C=O) groups excluding carboxylic acids is 1. The predicted octanol–water partition coefficient (Wildman–Crippen LogP) is 1.10. The van der Waals surface area contributed by atoms with Crippen molar-refractivity contribution in [3.8, 4) is 0 Å². The summed E-state index contributed by atoms with van der Waals surface area (Å²) < 4.78 is 0.804. The topological polar surface area (TPSA) is 101 Å². The molecule has 0 aliphatic rings. The number of oxime groups is 1. The van der Waals surface area contributed by atoms with Crippen molar-refractivity contribution in [1.82, 2.24) is 10.3 Å². The Morgan fingerprint density at radius 3 is 2.94 bits per heavy atom. The number of halogens is 1. The number of pyridine rings is 1. The second-order valence-electron chi connectivity index (χ2n) is 3.53. The lowest BCUT2D eigenvalue weighted by molar-refractivity contribution is 0.0936. The molecule has 4 N–H and O–H groups in total. The molecule has 0 aliphatic heterocycles. The Kier molecular flexibility index (Phi) is 4.89. The number of nitrogens with two attached hydrogens (primary N) is 1. The highest BCUT2D eigenvalue weighted by Gasteiger charge is 2.12. The Morgan fingerprint density at radius 2 is 2.41 bits per heavy atom. The van der Waals surface area contributed by atoms with Crippen molar-refractivity contribution in [3.63, 3.8) is 0 Å². The molecule has 1 heterocycles. The minimum absolute atomic E-state index is 0.0709. The molecule has 0 radical (unpaired) electrons. The van der Waals surface area contributed by atoms with Crippen LogP contribution in [0.2, 0.25) is 0 Å².